The van der Waals surface area contributed by atoms with E-state index in [0.717, 1.165) is 12.8 Å². The molecule has 3 heteroatoms. The smallest absolute Gasteiger partial charge is 0.0927 e. The fourth-order valence-corrected chi connectivity index (χ4v) is 2.92. The Morgan fingerprint density at radius 3 is 2.79 bits per heavy atom. The maximum absolute atomic E-state index is 9.71. The summed E-state index contributed by atoms with van der Waals surface area (Å²) in [5.74, 6) is 0.628. The highest BCUT2D eigenvalue weighted by Gasteiger charge is 2.42. The Kier molecular flexibility index (Phi) is 3.10. The van der Waals surface area contributed by atoms with Gasteiger partial charge in [0, 0.05) is 18.0 Å². The minimum Gasteiger partial charge on any atom is -0.389 e. The fraction of sp³-hybridized carbons (Fsp3) is 1.00. The van der Waals surface area contributed by atoms with Crippen LogP contribution in [0.5, 0.6) is 0 Å². The summed E-state index contributed by atoms with van der Waals surface area (Å²) in [5, 5.41) is 13.3. The van der Waals surface area contributed by atoms with E-state index in [-0.39, 0.29) is 12.1 Å². The van der Waals surface area contributed by atoms with Gasteiger partial charge in [-0.05, 0) is 19.3 Å². The Morgan fingerprint density at radius 1 is 1.36 bits per heavy atom. The molecule has 0 spiro atoms. The Balaban J connectivity index is 2.08. The number of aliphatic hydroxyl groups is 1. The Hall–Kier alpha value is -0.120. The van der Waals surface area contributed by atoms with Gasteiger partial charge in [0.25, 0.3) is 0 Å². The van der Waals surface area contributed by atoms with Crippen molar-refractivity contribution >= 4 is 0 Å². The van der Waals surface area contributed by atoms with Gasteiger partial charge in [-0.3, -0.25) is 0 Å². The highest BCUT2D eigenvalue weighted by Crippen LogP contribution is 2.32. The lowest BCUT2D eigenvalue weighted by atomic mass is 9.79. The Morgan fingerprint density at radius 2 is 2.14 bits per heavy atom. The van der Waals surface area contributed by atoms with E-state index in [1.807, 2.05) is 0 Å². The molecule has 2 saturated heterocycles. The molecule has 5 atom stereocenters. The van der Waals surface area contributed by atoms with Crippen molar-refractivity contribution in [3.05, 3.63) is 0 Å². The molecular weight excluding hydrogens is 178 g/mol. The summed E-state index contributed by atoms with van der Waals surface area (Å²) in [7, 11) is 0. The largest absolute Gasteiger partial charge is 0.389 e. The normalized spacial score (nSPS) is 47.8. The van der Waals surface area contributed by atoms with Crippen molar-refractivity contribution in [2.24, 2.45) is 5.92 Å². The quantitative estimate of drug-likeness (QED) is 0.694. The van der Waals surface area contributed by atoms with Crippen molar-refractivity contribution in [1.29, 1.82) is 0 Å². The van der Waals surface area contributed by atoms with E-state index >= 15 is 0 Å². The van der Waals surface area contributed by atoms with Gasteiger partial charge in [-0.15, -0.1) is 0 Å². The Labute approximate surface area is 85.8 Å². The molecule has 2 unspecified atom stereocenters. The zero-order chi connectivity index (χ0) is 10.1. The van der Waals surface area contributed by atoms with E-state index in [0.29, 0.717) is 24.7 Å². The second-order valence-electron chi connectivity index (χ2n) is 4.53. The van der Waals surface area contributed by atoms with E-state index in [4.69, 9.17) is 4.74 Å². The molecule has 3 nitrogen and oxygen atoms in total. The number of piperidine rings is 1. The minimum absolute atomic E-state index is 0.265. The van der Waals surface area contributed by atoms with Gasteiger partial charge >= 0.3 is 0 Å². The lowest BCUT2D eigenvalue weighted by Gasteiger charge is -2.47. The molecule has 0 amide bonds. The van der Waals surface area contributed by atoms with Crippen LogP contribution in [0, 0.1) is 5.92 Å². The van der Waals surface area contributed by atoms with Gasteiger partial charge in [-0.1, -0.05) is 13.8 Å². The van der Waals surface area contributed by atoms with Crippen LogP contribution in [-0.2, 0) is 4.74 Å². The van der Waals surface area contributed by atoms with Crippen molar-refractivity contribution in [2.45, 2.75) is 57.4 Å². The third-order valence-electron chi connectivity index (χ3n) is 3.77. The van der Waals surface area contributed by atoms with Crippen molar-refractivity contribution in [3.63, 3.8) is 0 Å². The average molecular weight is 199 g/mol. The molecule has 0 saturated carbocycles. The van der Waals surface area contributed by atoms with Crippen LogP contribution >= 0.6 is 0 Å². The number of rotatable bonds is 2. The summed E-state index contributed by atoms with van der Waals surface area (Å²) >= 11 is 0. The van der Waals surface area contributed by atoms with Gasteiger partial charge < -0.3 is 15.2 Å². The monoisotopic (exact) mass is 199 g/mol. The number of hydrogen-bond donors (Lipinski definition) is 2. The molecule has 0 aliphatic carbocycles. The fourth-order valence-electron chi connectivity index (χ4n) is 2.92. The topological polar surface area (TPSA) is 41.5 Å². The van der Waals surface area contributed by atoms with Crippen LogP contribution in [0.4, 0.5) is 0 Å². The van der Waals surface area contributed by atoms with Crippen LogP contribution in [0.15, 0.2) is 0 Å². The molecule has 82 valence electrons. The molecule has 2 aliphatic rings. The number of ether oxygens (including phenoxy) is 1. The Bertz CT molecular complexity index is 196. The molecule has 2 fully saturated rings. The van der Waals surface area contributed by atoms with Crippen LogP contribution in [0.2, 0.25) is 0 Å². The van der Waals surface area contributed by atoms with Crippen molar-refractivity contribution in [2.75, 3.05) is 6.61 Å². The third-order valence-corrected chi connectivity index (χ3v) is 3.77. The van der Waals surface area contributed by atoms with Gasteiger partial charge in [0.2, 0.25) is 0 Å². The molecule has 2 heterocycles. The first kappa shape index (κ1) is 10.4. The van der Waals surface area contributed by atoms with Crippen LogP contribution in [0.3, 0.4) is 0 Å². The van der Waals surface area contributed by atoms with Crippen LogP contribution in [0.25, 0.3) is 0 Å². The molecule has 2 aliphatic heterocycles. The summed E-state index contributed by atoms with van der Waals surface area (Å²) in [6.45, 7) is 4.94. The summed E-state index contributed by atoms with van der Waals surface area (Å²) < 4.78 is 5.71. The van der Waals surface area contributed by atoms with Crippen LogP contribution < -0.4 is 5.32 Å². The van der Waals surface area contributed by atoms with E-state index in [1.165, 1.54) is 6.42 Å². The second kappa shape index (κ2) is 4.17. The van der Waals surface area contributed by atoms with Gasteiger partial charge in [-0.2, -0.15) is 0 Å². The molecule has 0 aromatic heterocycles. The lowest BCUT2D eigenvalue weighted by molar-refractivity contribution is -0.126. The molecule has 2 bridgehead atoms. The predicted octanol–water partition coefficient (Wildman–Crippen LogP) is 0.913. The molecule has 0 radical (unpaired) electrons. The van der Waals surface area contributed by atoms with E-state index in [1.54, 1.807) is 0 Å². The lowest BCUT2D eigenvalue weighted by Crippen LogP contribution is -2.62. The standard InChI is InChI=1S/C11H21NO2/c1-3-7-8(4-2)12-9-5-11(7)14-6-10(9)13/h7-13H,3-6H2,1-2H3/t7?,8?,9-,10+,11-/m0/s1. The maximum Gasteiger partial charge on any atom is 0.0927 e. The van der Waals surface area contributed by atoms with Crippen molar-refractivity contribution < 1.29 is 9.84 Å². The molecule has 2 rings (SSSR count). The SMILES string of the molecule is CCC1N[C@H]2C[C@H](OC[C@H]2O)C1CC. The van der Waals surface area contributed by atoms with Gasteiger partial charge in [0.1, 0.15) is 0 Å². The number of aliphatic hydroxyl groups excluding tert-OH is 1. The zero-order valence-corrected chi connectivity index (χ0v) is 9.07. The van der Waals surface area contributed by atoms with Crippen LogP contribution in [-0.4, -0.2) is 36.0 Å². The summed E-state index contributed by atoms with van der Waals surface area (Å²) in [5.41, 5.74) is 0. The molecule has 2 N–H and O–H groups in total. The summed E-state index contributed by atoms with van der Waals surface area (Å²) in [6, 6.07) is 0.792. The first-order chi connectivity index (χ1) is 6.76. The first-order valence-electron chi connectivity index (χ1n) is 5.82. The van der Waals surface area contributed by atoms with E-state index in [9.17, 15) is 5.11 Å². The maximum atomic E-state index is 9.71. The third kappa shape index (κ3) is 1.69. The van der Waals surface area contributed by atoms with E-state index < -0.39 is 0 Å². The molecular formula is C11H21NO2. The molecule has 0 aromatic rings. The van der Waals surface area contributed by atoms with Crippen molar-refractivity contribution in [3.8, 4) is 0 Å². The van der Waals surface area contributed by atoms with Gasteiger partial charge in [0.05, 0.1) is 18.8 Å². The van der Waals surface area contributed by atoms with Gasteiger partial charge in [0.15, 0.2) is 0 Å². The highest BCUT2D eigenvalue weighted by molar-refractivity contribution is 4.97. The number of nitrogens with one attached hydrogen (secondary N) is 1. The summed E-state index contributed by atoms with van der Waals surface area (Å²) in [6.07, 6.45) is 3.34. The minimum atomic E-state index is -0.307. The number of fused-ring (bicyclic) bond motifs is 2. The second-order valence-corrected chi connectivity index (χ2v) is 4.53. The highest BCUT2D eigenvalue weighted by atomic mass is 16.5. The average Bonchev–Trinajstić information content (AvgIpc) is 2.23. The molecule has 0 aromatic carbocycles. The first-order valence-corrected chi connectivity index (χ1v) is 5.82. The predicted molar refractivity (Wildman–Crippen MR) is 55.1 cm³/mol. The van der Waals surface area contributed by atoms with Crippen molar-refractivity contribution in [1.82, 2.24) is 5.32 Å². The summed E-state index contributed by atoms with van der Waals surface area (Å²) in [4.78, 5) is 0. The van der Waals surface area contributed by atoms with Gasteiger partial charge in [-0.25, -0.2) is 0 Å². The molecule has 14 heavy (non-hydrogen) atoms. The van der Waals surface area contributed by atoms with E-state index in [2.05, 4.69) is 19.2 Å². The van der Waals surface area contributed by atoms with Crippen LogP contribution in [0.1, 0.15) is 33.1 Å². The number of hydrogen-bond acceptors (Lipinski definition) is 3. The zero-order valence-electron chi connectivity index (χ0n) is 9.07.